The summed E-state index contributed by atoms with van der Waals surface area (Å²) in [7, 11) is 2.05. The molecule has 0 spiro atoms. The van der Waals surface area contributed by atoms with Gasteiger partial charge in [0.2, 0.25) is 0 Å². The lowest BCUT2D eigenvalue weighted by molar-refractivity contribution is 0.242. The molecule has 1 aromatic rings. The quantitative estimate of drug-likeness (QED) is 0.859. The minimum Gasteiger partial charge on any atom is -0.491 e. The molecule has 0 aromatic heterocycles. The minimum absolute atomic E-state index is 0.234. The van der Waals surface area contributed by atoms with E-state index in [0.29, 0.717) is 12.1 Å². The Morgan fingerprint density at radius 3 is 2.61 bits per heavy atom. The highest BCUT2D eigenvalue weighted by Gasteiger charge is 2.21. The summed E-state index contributed by atoms with van der Waals surface area (Å²) in [6, 6.07) is 9.58. The van der Waals surface area contributed by atoms with Crippen molar-refractivity contribution in [3.05, 3.63) is 29.8 Å². The largest absolute Gasteiger partial charge is 0.491 e. The molecule has 2 rings (SSSR count). The Kier molecular flexibility index (Phi) is 4.61. The third kappa shape index (κ3) is 3.47. The first-order chi connectivity index (χ1) is 8.69. The van der Waals surface area contributed by atoms with Gasteiger partial charge < -0.3 is 15.4 Å². The van der Waals surface area contributed by atoms with Crippen LogP contribution in [0.1, 0.15) is 38.3 Å². The van der Waals surface area contributed by atoms with E-state index in [-0.39, 0.29) is 6.10 Å². The summed E-state index contributed by atoms with van der Waals surface area (Å²) < 4.78 is 5.67. The van der Waals surface area contributed by atoms with Gasteiger partial charge in [0.05, 0.1) is 6.10 Å². The second kappa shape index (κ2) is 6.21. The normalized spacial score (nSPS) is 24.2. The third-order valence-corrected chi connectivity index (χ3v) is 3.47. The fourth-order valence-electron chi connectivity index (χ4n) is 2.48. The van der Waals surface area contributed by atoms with Crippen LogP contribution in [0, 0.1) is 0 Å². The monoisotopic (exact) mass is 248 g/mol. The van der Waals surface area contributed by atoms with Gasteiger partial charge in [-0.05, 0) is 58.0 Å². The van der Waals surface area contributed by atoms with Crippen LogP contribution in [0.5, 0.6) is 5.75 Å². The molecule has 0 bridgehead atoms. The van der Waals surface area contributed by atoms with Crippen molar-refractivity contribution in [3.63, 3.8) is 0 Å². The fraction of sp³-hybridized carbons (Fsp3) is 0.600. The van der Waals surface area contributed by atoms with Crippen molar-refractivity contribution in [1.82, 2.24) is 10.6 Å². The molecule has 1 fully saturated rings. The Bertz CT molecular complexity index is 361. The van der Waals surface area contributed by atoms with Crippen LogP contribution in [-0.4, -0.2) is 25.7 Å². The van der Waals surface area contributed by atoms with Gasteiger partial charge in [-0.1, -0.05) is 12.1 Å². The van der Waals surface area contributed by atoms with Crippen LogP contribution in [0.4, 0.5) is 0 Å². The van der Waals surface area contributed by atoms with Gasteiger partial charge in [0.25, 0.3) is 0 Å². The molecule has 1 aliphatic heterocycles. The second-order valence-electron chi connectivity index (χ2n) is 5.25. The van der Waals surface area contributed by atoms with Gasteiger partial charge in [-0.3, -0.25) is 0 Å². The number of piperidine rings is 1. The van der Waals surface area contributed by atoms with E-state index in [1.165, 1.54) is 12.0 Å². The standard InChI is InChI=1S/C15H24N2O/c1-11(2)18-14-6-4-12(5-7-14)15-10-13(16-3)8-9-17-15/h4-7,11,13,15-17H,8-10H2,1-3H3. The predicted molar refractivity (Wildman–Crippen MR) is 75.0 cm³/mol. The number of nitrogens with one attached hydrogen (secondary N) is 2. The molecular formula is C15H24N2O. The third-order valence-electron chi connectivity index (χ3n) is 3.47. The molecule has 1 heterocycles. The van der Waals surface area contributed by atoms with Gasteiger partial charge in [0, 0.05) is 12.1 Å². The molecular weight excluding hydrogens is 224 g/mol. The molecule has 100 valence electrons. The summed E-state index contributed by atoms with van der Waals surface area (Å²) in [6.45, 7) is 5.18. The van der Waals surface area contributed by atoms with Crippen molar-refractivity contribution >= 4 is 0 Å². The molecule has 3 heteroatoms. The van der Waals surface area contributed by atoms with Gasteiger partial charge in [0.1, 0.15) is 5.75 Å². The van der Waals surface area contributed by atoms with Crippen molar-refractivity contribution in [1.29, 1.82) is 0 Å². The van der Waals surface area contributed by atoms with E-state index < -0.39 is 0 Å². The van der Waals surface area contributed by atoms with Gasteiger partial charge >= 0.3 is 0 Å². The number of hydrogen-bond acceptors (Lipinski definition) is 3. The van der Waals surface area contributed by atoms with Crippen molar-refractivity contribution < 1.29 is 4.74 Å². The Morgan fingerprint density at radius 2 is 2.00 bits per heavy atom. The second-order valence-corrected chi connectivity index (χ2v) is 5.25. The molecule has 0 amide bonds. The van der Waals surface area contributed by atoms with E-state index in [1.807, 2.05) is 20.9 Å². The number of benzene rings is 1. The zero-order valence-corrected chi connectivity index (χ0v) is 11.6. The van der Waals surface area contributed by atoms with Crippen LogP contribution in [0.2, 0.25) is 0 Å². The Labute approximate surface area is 110 Å². The predicted octanol–water partition coefficient (Wildman–Crippen LogP) is 2.49. The summed E-state index contributed by atoms with van der Waals surface area (Å²) in [5, 5.41) is 6.96. The summed E-state index contributed by atoms with van der Waals surface area (Å²) >= 11 is 0. The lowest BCUT2D eigenvalue weighted by Crippen LogP contribution is -2.40. The van der Waals surface area contributed by atoms with E-state index >= 15 is 0 Å². The molecule has 2 N–H and O–H groups in total. The Morgan fingerprint density at radius 1 is 1.28 bits per heavy atom. The van der Waals surface area contributed by atoms with E-state index in [2.05, 4.69) is 34.9 Å². The van der Waals surface area contributed by atoms with Crippen LogP contribution in [0.15, 0.2) is 24.3 Å². The average Bonchev–Trinajstić information content (AvgIpc) is 2.39. The van der Waals surface area contributed by atoms with Gasteiger partial charge in [0.15, 0.2) is 0 Å². The highest BCUT2D eigenvalue weighted by atomic mass is 16.5. The zero-order chi connectivity index (χ0) is 13.0. The first-order valence-corrected chi connectivity index (χ1v) is 6.86. The number of ether oxygens (including phenoxy) is 1. The lowest BCUT2D eigenvalue weighted by Gasteiger charge is -2.30. The van der Waals surface area contributed by atoms with Crippen LogP contribution < -0.4 is 15.4 Å². The SMILES string of the molecule is CNC1CCNC(c2ccc(OC(C)C)cc2)C1. The molecule has 0 aliphatic carbocycles. The van der Waals surface area contributed by atoms with E-state index in [4.69, 9.17) is 4.74 Å². The number of rotatable bonds is 4. The molecule has 1 aliphatic rings. The smallest absolute Gasteiger partial charge is 0.119 e. The first kappa shape index (κ1) is 13.4. The highest BCUT2D eigenvalue weighted by molar-refractivity contribution is 5.29. The zero-order valence-electron chi connectivity index (χ0n) is 11.6. The fourth-order valence-corrected chi connectivity index (χ4v) is 2.48. The van der Waals surface area contributed by atoms with Crippen molar-refractivity contribution in [2.24, 2.45) is 0 Å². The maximum atomic E-state index is 5.67. The molecule has 18 heavy (non-hydrogen) atoms. The summed E-state index contributed by atoms with van der Waals surface area (Å²) in [4.78, 5) is 0. The molecule has 0 saturated carbocycles. The van der Waals surface area contributed by atoms with Crippen molar-refractivity contribution in [2.75, 3.05) is 13.6 Å². The lowest BCUT2D eigenvalue weighted by atomic mass is 9.94. The Balaban J connectivity index is 2.00. The maximum absolute atomic E-state index is 5.67. The average molecular weight is 248 g/mol. The van der Waals surface area contributed by atoms with Crippen LogP contribution in [0.25, 0.3) is 0 Å². The summed E-state index contributed by atoms with van der Waals surface area (Å²) in [5.41, 5.74) is 1.35. The van der Waals surface area contributed by atoms with E-state index in [1.54, 1.807) is 0 Å². The molecule has 0 radical (unpaired) electrons. The summed E-state index contributed by atoms with van der Waals surface area (Å²) in [5.74, 6) is 0.953. The van der Waals surface area contributed by atoms with E-state index in [0.717, 1.165) is 18.7 Å². The highest BCUT2D eigenvalue weighted by Crippen LogP contribution is 2.25. The van der Waals surface area contributed by atoms with Crippen molar-refractivity contribution in [2.45, 2.75) is 44.9 Å². The maximum Gasteiger partial charge on any atom is 0.119 e. The molecule has 2 atom stereocenters. The molecule has 1 saturated heterocycles. The molecule has 1 aromatic carbocycles. The van der Waals surface area contributed by atoms with E-state index in [9.17, 15) is 0 Å². The van der Waals surface area contributed by atoms with Crippen molar-refractivity contribution in [3.8, 4) is 5.75 Å². The molecule has 3 nitrogen and oxygen atoms in total. The first-order valence-electron chi connectivity index (χ1n) is 6.86. The summed E-state index contributed by atoms with van der Waals surface area (Å²) in [6.07, 6.45) is 2.60. The van der Waals surface area contributed by atoms with Crippen LogP contribution in [0.3, 0.4) is 0 Å². The van der Waals surface area contributed by atoms with Gasteiger partial charge in [-0.2, -0.15) is 0 Å². The number of hydrogen-bond donors (Lipinski definition) is 2. The Hall–Kier alpha value is -1.06. The molecule has 2 unspecified atom stereocenters. The topological polar surface area (TPSA) is 33.3 Å². The van der Waals surface area contributed by atoms with Crippen LogP contribution >= 0.6 is 0 Å². The van der Waals surface area contributed by atoms with Crippen LogP contribution in [-0.2, 0) is 0 Å². The van der Waals surface area contributed by atoms with Gasteiger partial charge in [-0.15, -0.1) is 0 Å². The minimum atomic E-state index is 0.234. The van der Waals surface area contributed by atoms with Gasteiger partial charge in [-0.25, -0.2) is 0 Å².